The van der Waals surface area contributed by atoms with Crippen LogP contribution in [0.1, 0.15) is 30.1 Å². The summed E-state index contributed by atoms with van der Waals surface area (Å²) in [5.41, 5.74) is 8.18. The predicted octanol–water partition coefficient (Wildman–Crippen LogP) is 4.19. The van der Waals surface area contributed by atoms with Gasteiger partial charge in [-0.3, -0.25) is 9.88 Å². The fourth-order valence-corrected chi connectivity index (χ4v) is 3.13. The Bertz CT molecular complexity index is 606. The zero-order valence-corrected chi connectivity index (χ0v) is 14.5. The number of nitrogens with two attached hydrogens (primary N) is 1. The van der Waals surface area contributed by atoms with Gasteiger partial charge in [-0.25, -0.2) is 0 Å². The molecule has 112 valence electrons. The first-order valence-corrected chi connectivity index (χ1v) is 7.98. The molecule has 2 rings (SSSR count). The molecule has 0 bridgehead atoms. The van der Waals surface area contributed by atoms with Crippen molar-refractivity contribution < 1.29 is 0 Å². The van der Waals surface area contributed by atoms with E-state index in [4.69, 9.17) is 17.3 Å². The Morgan fingerprint density at radius 3 is 2.67 bits per heavy atom. The Hall–Kier alpha value is -0.940. The highest BCUT2D eigenvalue weighted by atomic mass is 79.9. The van der Waals surface area contributed by atoms with Gasteiger partial charge in [-0.05, 0) is 53.2 Å². The topological polar surface area (TPSA) is 42.1 Å². The van der Waals surface area contributed by atoms with Gasteiger partial charge in [0, 0.05) is 40.5 Å². The van der Waals surface area contributed by atoms with Gasteiger partial charge in [0.05, 0.1) is 0 Å². The molecule has 21 heavy (non-hydrogen) atoms. The number of hydrogen-bond acceptors (Lipinski definition) is 3. The van der Waals surface area contributed by atoms with E-state index in [1.807, 2.05) is 24.4 Å². The highest BCUT2D eigenvalue weighted by Gasteiger charge is 2.23. The third-order valence-electron chi connectivity index (χ3n) is 3.79. The molecule has 0 amide bonds. The SMILES string of the molecule is CC(c1ccccc1Cl)N(C)C(CN)c1cncc(Br)c1. The average molecular weight is 369 g/mol. The lowest BCUT2D eigenvalue weighted by molar-refractivity contribution is 0.190. The summed E-state index contributed by atoms with van der Waals surface area (Å²) in [6, 6.07) is 10.2. The van der Waals surface area contributed by atoms with Crippen LogP contribution in [0.5, 0.6) is 0 Å². The molecule has 2 unspecified atom stereocenters. The molecule has 2 atom stereocenters. The number of nitrogens with zero attached hydrogens (tertiary/aromatic N) is 2. The molecule has 0 aliphatic rings. The van der Waals surface area contributed by atoms with Crippen LogP contribution in [0.4, 0.5) is 0 Å². The van der Waals surface area contributed by atoms with E-state index in [9.17, 15) is 0 Å². The second-order valence-corrected chi connectivity index (χ2v) is 6.37. The van der Waals surface area contributed by atoms with E-state index in [1.54, 1.807) is 6.20 Å². The third kappa shape index (κ3) is 3.83. The lowest BCUT2D eigenvalue weighted by Crippen LogP contribution is -2.33. The van der Waals surface area contributed by atoms with E-state index in [0.29, 0.717) is 6.54 Å². The minimum absolute atomic E-state index is 0.0845. The van der Waals surface area contributed by atoms with Gasteiger partial charge in [-0.15, -0.1) is 0 Å². The number of aromatic nitrogens is 1. The predicted molar refractivity (Wildman–Crippen MR) is 91.4 cm³/mol. The van der Waals surface area contributed by atoms with Crippen molar-refractivity contribution in [2.45, 2.75) is 19.0 Å². The summed E-state index contributed by atoms with van der Waals surface area (Å²) in [6.07, 6.45) is 3.63. The molecule has 0 aliphatic heterocycles. The standard InChI is InChI=1S/C16H19BrClN3/c1-11(14-5-3-4-6-15(14)18)21(2)16(8-19)12-7-13(17)10-20-9-12/h3-7,9-11,16H,8,19H2,1-2H3. The van der Waals surface area contributed by atoms with Gasteiger partial charge in [0.2, 0.25) is 0 Å². The molecule has 0 fully saturated rings. The molecule has 1 heterocycles. The number of likely N-dealkylation sites (N-methyl/N-ethyl adjacent to an activating group) is 1. The van der Waals surface area contributed by atoms with Gasteiger partial charge in [-0.2, -0.15) is 0 Å². The van der Waals surface area contributed by atoms with Crippen molar-refractivity contribution in [2.75, 3.05) is 13.6 Å². The van der Waals surface area contributed by atoms with E-state index in [-0.39, 0.29) is 12.1 Å². The first kappa shape index (κ1) is 16.4. The van der Waals surface area contributed by atoms with Crippen molar-refractivity contribution in [3.63, 3.8) is 0 Å². The molecular weight excluding hydrogens is 350 g/mol. The average Bonchev–Trinajstić information content (AvgIpc) is 2.48. The van der Waals surface area contributed by atoms with Crippen LogP contribution in [0.25, 0.3) is 0 Å². The molecular formula is C16H19BrClN3. The molecule has 2 N–H and O–H groups in total. The highest BCUT2D eigenvalue weighted by Crippen LogP contribution is 2.32. The van der Waals surface area contributed by atoms with Gasteiger partial charge in [0.15, 0.2) is 0 Å². The quantitative estimate of drug-likeness (QED) is 0.860. The van der Waals surface area contributed by atoms with Gasteiger partial charge in [0.1, 0.15) is 0 Å². The van der Waals surface area contributed by atoms with Crippen LogP contribution in [-0.4, -0.2) is 23.5 Å². The summed E-state index contributed by atoms with van der Waals surface area (Å²) in [6.45, 7) is 2.65. The summed E-state index contributed by atoms with van der Waals surface area (Å²) < 4.78 is 0.956. The summed E-state index contributed by atoms with van der Waals surface area (Å²) in [4.78, 5) is 6.46. The number of rotatable bonds is 5. The summed E-state index contributed by atoms with van der Waals surface area (Å²) >= 11 is 9.76. The van der Waals surface area contributed by atoms with Gasteiger partial charge >= 0.3 is 0 Å². The van der Waals surface area contributed by atoms with E-state index in [1.165, 1.54) is 0 Å². The normalized spacial score (nSPS) is 14.2. The van der Waals surface area contributed by atoms with Crippen molar-refractivity contribution in [3.8, 4) is 0 Å². The summed E-state index contributed by atoms with van der Waals surface area (Å²) in [5, 5.41) is 0.778. The number of benzene rings is 1. The van der Waals surface area contributed by atoms with Crippen molar-refractivity contribution >= 4 is 27.5 Å². The van der Waals surface area contributed by atoms with Crippen LogP contribution in [0, 0.1) is 0 Å². The van der Waals surface area contributed by atoms with Gasteiger partial charge in [0.25, 0.3) is 0 Å². The number of halogens is 2. The van der Waals surface area contributed by atoms with E-state index >= 15 is 0 Å². The number of pyridine rings is 1. The second-order valence-electron chi connectivity index (χ2n) is 5.05. The molecule has 3 nitrogen and oxygen atoms in total. The fourth-order valence-electron chi connectivity index (χ4n) is 2.45. The molecule has 1 aromatic carbocycles. The zero-order chi connectivity index (χ0) is 15.4. The molecule has 5 heteroatoms. The zero-order valence-electron chi connectivity index (χ0n) is 12.1. The van der Waals surface area contributed by atoms with Crippen LogP contribution in [-0.2, 0) is 0 Å². The van der Waals surface area contributed by atoms with Crippen molar-refractivity contribution in [2.24, 2.45) is 5.73 Å². The van der Waals surface area contributed by atoms with Crippen LogP contribution in [0.3, 0.4) is 0 Å². The third-order valence-corrected chi connectivity index (χ3v) is 4.57. The molecule has 1 aromatic heterocycles. The Kier molecular flexibility index (Phi) is 5.76. The Morgan fingerprint density at radius 1 is 1.33 bits per heavy atom. The monoisotopic (exact) mass is 367 g/mol. The highest BCUT2D eigenvalue weighted by molar-refractivity contribution is 9.10. The molecule has 0 radical (unpaired) electrons. The Morgan fingerprint density at radius 2 is 2.05 bits per heavy atom. The van der Waals surface area contributed by atoms with Crippen molar-refractivity contribution in [1.29, 1.82) is 0 Å². The van der Waals surface area contributed by atoms with Crippen molar-refractivity contribution in [1.82, 2.24) is 9.88 Å². The lowest BCUT2D eigenvalue weighted by Gasteiger charge is -2.33. The van der Waals surface area contributed by atoms with Crippen molar-refractivity contribution in [3.05, 3.63) is 63.3 Å². The molecule has 2 aromatic rings. The largest absolute Gasteiger partial charge is 0.329 e. The Balaban J connectivity index is 2.28. The van der Waals surface area contributed by atoms with E-state index in [2.05, 4.69) is 51.9 Å². The molecule has 0 aliphatic carbocycles. The van der Waals surface area contributed by atoms with Crippen LogP contribution >= 0.6 is 27.5 Å². The maximum Gasteiger partial charge on any atom is 0.0489 e. The maximum atomic E-state index is 6.30. The lowest BCUT2D eigenvalue weighted by atomic mass is 10.0. The van der Waals surface area contributed by atoms with Gasteiger partial charge < -0.3 is 5.73 Å². The summed E-state index contributed by atoms with van der Waals surface area (Å²) in [5.74, 6) is 0. The first-order chi connectivity index (χ1) is 10.0. The van der Waals surface area contributed by atoms with Crippen LogP contribution in [0.2, 0.25) is 5.02 Å². The van der Waals surface area contributed by atoms with E-state index < -0.39 is 0 Å². The minimum atomic E-state index is 0.0845. The molecule has 0 saturated carbocycles. The molecule has 0 saturated heterocycles. The van der Waals surface area contributed by atoms with Crippen LogP contribution < -0.4 is 5.73 Å². The van der Waals surface area contributed by atoms with Crippen LogP contribution in [0.15, 0.2) is 47.2 Å². The summed E-state index contributed by atoms with van der Waals surface area (Å²) in [7, 11) is 2.06. The Labute approximate surface area is 139 Å². The van der Waals surface area contributed by atoms with E-state index in [0.717, 1.165) is 20.6 Å². The molecule has 0 spiro atoms. The second kappa shape index (κ2) is 7.36. The number of hydrogen-bond donors (Lipinski definition) is 1. The fraction of sp³-hybridized carbons (Fsp3) is 0.312. The smallest absolute Gasteiger partial charge is 0.0489 e. The first-order valence-electron chi connectivity index (χ1n) is 6.81. The van der Waals surface area contributed by atoms with Gasteiger partial charge in [-0.1, -0.05) is 29.8 Å². The minimum Gasteiger partial charge on any atom is -0.329 e. The maximum absolute atomic E-state index is 6.30.